The van der Waals surface area contributed by atoms with Crippen LogP contribution in [0.1, 0.15) is 22.5 Å². The number of amides is 1. The van der Waals surface area contributed by atoms with Crippen molar-refractivity contribution in [3.63, 3.8) is 0 Å². The molecule has 0 spiro atoms. The van der Waals surface area contributed by atoms with Crippen LogP contribution in [0, 0.1) is 13.8 Å². The number of anilines is 1. The molecule has 2 heterocycles. The van der Waals surface area contributed by atoms with Crippen molar-refractivity contribution < 1.29 is 4.79 Å². The Kier molecular flexibility index (Phi) is 7.07. The maximum absolute atomic E-state index is 12.9. The molecule has 0 saturated carbocycles. The monoisotopic (exact) mass is 512 g/mol. The summed E-state index contributed by atoms with van der Waals surface area (Å²) in [5, 5.41) is 9.33. The SMILES string of the molecule is Cc1nc2c(-c3ccccc3)c(C)nn2c(SCC(=O)Nc2cccc(Cl)c2)c1Cc1ccccc1. The molecule has 5 nitrogen and oxygen atoms in total. The number of fused-ring (bicyclic) bond motifs is 1. The first-order valence-corrected chi connectivity index (χ1v) is 13.0. The predicted molar refractivity (Wildman–Crippen MR) is 148 cm³/mol. The summed E-state index contributed by atoms with van der Waals surface area (Å²) in [4.78, 5) is 17.9. The Morgan fingerprint density at radius 1 is 0.944 bits per heavy atom. The van der Waals surface area contributed by atoms with Crippen LogP contribution in [0.4, 0.5) is 5.69 Å². The fraction of sp³-hybridized carbons (Fsp3) is 0.138. The number of aromatic nitrogens is 3. The van der Waals surface area contributed by atoms with Gasteiger partial charge in [0.2, 0.25) is 5.91 Å². The van der Waals surface area contributed by atoms with Crippen molar-refractivity contribution in [3.8, 4) is 11.1 Å². The number of hydrogen-bond acceptors (Lipinski definition) is 4. The minimum Gasteiger partial charge on any atom is -0.325 e. The van der Waals surface area contributed by atoms with Gasteiger partial charge in [-0.2, -0.15) is 5.10 Å². The maximum atomic E-state index is 12.9. The van der Waals surface area contributed by atoms with Gasteiger partial charge in [0.25, 0.3) is 0 Å². The summed E-state index contributed by atoms with van der Waals surface area (Å²) in [6.45, 7) is 4.04. The van der Waals surface area contributed by atoms with Crippen LogP contribution < -0.4 is 5.32 Å². The van der Waals surface area contributed by atoms with Crippen molar-refractivity contribution in [2.24, 2.45) is 0 Å². The molecule has 1 amide bonds. The van der Waals surface area contributed by atoms with Crippen LogP contribution in [0.2, 0.25) is 5.02 Å². The second-order valence-electron chi connectivity index (χ2n) is 8.55. The highest BCUT2D eigenvalue weighted by Gasteiger charge is 2.21. The lowest BCUT2D eigenvalue weighted by Crippen LogP contribution is -2.15. The lowest BCUT2D eigenvalue weighted by atomic mass is 10.0. The molecule has 0 aliphatic rings. The maximum Gasteiger partial charge on any atom is 0.234 e. The predicted octanol–water partition coefficient (Wildman–Crippen LogP) is 6.99. The zero-order valence-corrected chi connectivity index (χ0v) is 21.6. The number of thioether (sulfide) groups is 1. The van der Waals surface area contributed by atoms with E-state index in [2.05, 4.69) is 29.6 Å². The molecule has 180 valence electrons. The van der Waals surface area contributed by atoms with E-state index in [0.717, 1.165) is 38.8 Å². The molecule has 0 atom stereocenters. The number of carbonyl (C=O) groups excluding carboxylic acids is 1. The number of aryl methyl sites for hydroxylation is 2. The Morgan fingerprint density at radius 2 is 1.67 bits per heavy atom. The number of nitrogens with zero attached hydrogens (tertiary/aromatic N) is 3. The molecule has 0 bridgehead atoms. The van der Waals surface area contributed by atoms with Gasteiger partial charge >= 0.3 is 0 Å². The van der Waals surface area contributed by atoms with E-state index in [1.165, 1.54) is 17.3 Å². The zero-order chi connectivity index (χ0) is 25.1. The Balaban J connectivity index is 1.55. The van der Waals surface area contributed by atoms with Gasteiger partial charge in [-0.05, 0) is 43.2 Å². The number of hydrogen-bond donors (Lipinski definition) is 1. The Labute approximate surface area is 219 Å². The lowest BCUT2D eigenvalue weighted by Gasteiger charge is -2.15. The van der Waals surface area contributed by atoms with E-state index in [1.54, 1.807) is 12.1 Å². The van der Waals surface area contributed by atoms with E-state index >= 15 is 0 Å². The molecule has 7 heteroatoms. The number of carbonyl (C=O) groups is 1. The quantitative estimate of drug-likeness (QED) is 0.188. The molecule has 0 radical (unpaired) electrons. The Hall–Kier alpha value is -3.61. The number of nitrogens with one attached hydrogen (secondary N) is 1. The molecule has 0 fully saturated rings. The van der Waals surface area contributed by atoms with Crippen LogP contribution in [0.5, 0.6) is 0 Å². The fourth-order valence-electron chi connectivity index (χ4n) is 4.26. The molecule has 5 aromatic rings. The first-order valence-electron chi connectivity index (χ1n) is 11.7. The topological polar surface area (TPSA) is 59.3 Å². The standard InChI is InChI=1S/C29H25ClN4OS/c1-19-25(16-21-10-5-3-6-11-21)29(36-18-26(35)32-24-15-9-14-23(30)17-24)34-28(31-19)27(20(2)33-34)22-12-7-4-8-13-22/h3-15,17H,16,18H2,1-2H3,(H,32,35). The van der Waals surface area contributed by atoms with Crippen molar-refractivity contribution in [1.29, 1.82) is 0 Å². The smallest absolute Gasteiger partial charge is 0.234 e. The van der Waals surface area contributed by atoms with Crippen LogP contribution in [0.25, 0.3) is 16.8 Å². The van der Waals surface area contributed by atoms with Gasteiger partial charge < -0.3 is 5.32 Å². The van der Waals surface area contributed by atoms with E-state index in [4.69, 9.17) is 21.7 Å². The van der Waals surface area contributed by atoms with Gasteiger partial charge in [0.05, 0.1) is 11.4 Å². The second kappa shape index (κ2) is 10.6. The highest BCUT2D eigenvalue weighted by Crippen LogP contribution is 2.34. The van der Waals surface area contributed by atoms with Crippen LogP contribution in [0.3, 0.4) is 0 Å². The second-order valence-corrected chi connectivity index (χ2v) is 9.95. The summed E-state index contributed by atoms with van der Waals surface area (Å²) >= 11 is 7.55. The summed E-state index contributed by atoms with van der Waals surface area (Å²) in [5.41, 5.74) is 7.63. The van der Waals surface area contributed by atoms with Crippen molar-refractivity contribution in [2.75, 3.05) is 11.1 Å². The summed E-state index contributed by atoms with van der Waals surface area (Å²) in [5.74, 6) is 0.120. The van der Waals surface area contributed by atoms with E-state index in [9.17, 15) is 4.79 Å². The molecular weight excluding hydrogens is 488 g/mol. The lowest BCUT2D eigenvalue weighted by molar-refractivity contribution is -0.113. The number of benzene rings is 3. The largest absolute Gasteiger partial charge is 0.325 e. The normalized spacial score (nSPS) is 11.1. The summed E-state index contributed by atoms with van der Waals surface area (Å²) in [6, 6.07) is 27.6. The highest BCUT2D eigenvalue weighted by molar-refractivity contribution is 8.00. The Bertz CT molecular complexity index is 1530. The summed E-state index contributed by atoms with van der Waals surface area (Å²) in [6.07, 6.45) is 0.702. The molecule has 0 aliphatic heterocycles. The summed E-state index contributed by atoms with van der Waals surface area (Å²) < 4.78 is 1.90. The van der Waals surface area contributed by atoms with Gasteiger partial charge in [-0.25, -0.2) is 9.50 Å². The molecular formula is C29H25ClN4OS. The van der Waals surface area contributed by atoms with E-state index in [1.807, 2.05) is 66.9 Å². The van der Waals surface area contributed by atoms with E-state index < -0.39 is 0 Å². The molecule has 2 aromatic heterocycles. The first-order chi connectivity index (χ1) is 17.5. The molecule has 1 N–H and O–H groups in total. The van der Waals surface area contributed by atoms with Crippen molar-refractivity contribution >= 4 is 40.6 Å². The van der Waals surface area contributed by atoms with Gasteiger partial charge in [0.15, 0.2) is 5.65 Å². The van der Waals surface area contributed by atoms with Crippen LogP contribution in [0.15, 0.2) is 90.0 Å². The third kappa shape index (κ3) is 5.15. The molecule has 0 aliphatic carbocycles. The van der Waals surface area contributed by atoms with Crippen molar-refractivity contribution in [3.05, 3.63) is 112 Å². The average molecular weight is 513 g/mol. The van der Waals surface area contributed by atoms with Gasteiger partial charge in [-0.3, -0.25) is 4.79 Å². The molecule has 36 heavy (non-hydrogen) atoms. The molecule has 3 aromatic carbocycles. The minimum atomic E-state index is -0.109. The molecule has 0 saturated heterocycles. The van der Waals surface area contributed by atoms with Gasteiger partial charge in [-0.15, -0.1) is 0 Å². The van der Waals surface area contributed by atoms with Crippen LogP contribution in [-0.4, -0.2) is 26.3 Å². The van der Waals surface area contributed by atoms with Gasteiger partial charge in [0, 0.05) is 34.0 Å². The highest BCUT2D eigenvalue weighted by atomic mass is 35.5. The van der Waals surface area contributed by atoms with Crippen molar-refractivity contribution in [1.82, 2.24) is 14.6 Å². The average Bonchev–Trinajstić information content (AvgIpc) is 3.20. The number of halogens is 1. The van der Waals surface area contributed by atoms with Crippen molar-refractivity contribution in [2.45, 2.75) is 25.3 Å². The van der Waals surface area contributed by atoms with Crippen LogP contribution >= 0.6 is 23.4 Å². The molecule has 0 unspecified atom stereocenters. The van der Waals surface area contributed by atoms with E-state index in [-0.39, 0.29) is 11.7 Å². The minimum absolute atomic E-state index is 0.109. The van der Waals surface area contributed by atoms with Gasteiger partial charge in [0.1, 0.15) is 5.03 Å². The van der Waals surface area contributed by atoms with Gasteiger partial charge in [-0.1, -0.05) is 90.1 Å². The number of rotatable bonds is 7. The third-order valence-corrected chi connectivity index (χ3v) is 7.27. The zero-order valence-electron chi connectivity index (χ0n) is 20.0. The third-order valence-electron chi connectivity index (χ3n) is 5.93. The fourth-order valence-corrected chi connectivity index (χ4v) is 5.43. The summed E-state index contributed by atoms with van der Waals surface area (Å²) in [7, 11) is 0. The van der Waals surface area contributed by atoms with Crippen LogP contribution in [-0.2, 0) is 11.2 Å². The Morgan fingerprint density at radius 3 is 2.39 bits per heavy atom. The van der Waals surface area contributed by atoms with E-state index in [0.29, 0.717) is 17.1 Å². The first kappa shape index (κ1) is 24.1. The molecule has 5 rings (SSSR count).